The smallest absolute Gasteiger partial charge is 0.105 e. The van der Waals surface area contributed by atoms with Crippen molar-refractivity contribution in [3.63, 3.8) is 0 Å². The van der Waals surface area contributed by atoms with Crippen LogP contribution in [0.25, 0.3) is 0 Å². The van der Waals surface area contributed by atoms with Gasteiger partial charge in [-0.25, -0.2) is 0 Å². The molecule has 0 aliphatic carbocycles. The highest BCUT2D eigenvalue weighted by atomic mass is 16.3. The minimum atomic E-state index is -0.893. The van der Waals surface area contributed by atoms with Crippen LogP contribution in [-0.2, 0) is 5.60 Å². The van der Waals surface area contributed by atoms with Crippen LogP contribution < -0.4 is 10.6 Å². The molecule has 5 nitrogen and oxygen atoms in total. The Morgan fingerprint density at radius 3 is 2.38 bits per heavy atom. The molecule has 5 N–H and O–H groups in total. The summed E-state index contributed by atoms with van der Waals surface area (Å²) in [5, 5.41) is 36.9. The van der Waals surface area contributed by atoms with Gasteiger partial charge in [0.05, 0.1) is 11.7 Å². The first-order valence-electron chi connectivity index (χ1n) is 7.61. The summed E-state index contributed by atoms with van der Waals surface area (Å²) in [4.78, 5) is 0. The van der Waals surface area contributed by atoms with E-state index in [9.17, 15) is 15.3 Å². The Hall–Kier alpha value is -0.980. The van der Waals surface area contributed by atoms with Gasteiger partial charge in [-0.2, -0.15) is 0 Å². The van der Waals surface area contributed by atoms with Crippen LogP contribution in [0.3, 0.4) is 0 Å². The summed E-state index contributed by atoms with van der Waals surface area (Å²) < 4.78 is 0. The topological polar surface area (TPSA) is 84.8 Å². The molecule has 0 amide bonds. The Morgan fingerprint density at radius 1 is 1.19 bits per heavy atom. The maximum Gasteiger partial charge on any atom is 0.105 e. The highest BCUT2D eigenvalue weighted by molar-refractivity contribution is 5.29. The molecule has 2 rings (SSSR count). The van der Waals surface area contributed by atoms with E-state index in [0.29, 0.717) is 31.4 Å². The van der Waals surface area contributed by atoms with Gasteiger partial charge in [0.1, 0.15) is 6.10 Å². The van der Waals surface area contributed by atoms with Crippen molar-refractivity contribution in [3.05, 3.63) is 35.4 Å². The van der Waals surface area contributed by atoms with E-state index in [2.05, 4.69) is 10.6 Å². The van der Waals surface area contributed by atoms with Gasteiger partial charge in [-0.1, -0.05) is 24.3 Å². The third-order valence-electron chi connectivity index (χ3n) is 4.27. The largest absolute Gasteiger partial charge is 0.390 e. The molecular formula is C16H26N2O3. The van der Waals surface area contributed by atoms with E-state index >= 15 is 0 Å². The van der Waals surface area contributed by atoms with E-state index in [1.165, 1.54) is 0 Å². The molecule has 2 atom stereocenters. The molecule has 5 heteroatoms. The molecule has 1 heterocycles. The van der Waals surface area contributed by atoms with Gasteiger partial charge in [0.25, 0.3) is 0 Å². The zero-order chi connectivity index (χ0) is 15.3. The Morgan fingerprint density at radius 2 is 1.81 bits per heavy atom. The molecule has 1 aliphatic heterocycles. The van der Waals surface area contributed by atoms with Crippen LogP contribution in [0.1, 0.15) is 36.5 Å². The summed E-state index contributed by atoms with van der Waals surface area (Å²) in [5.74, 6) is 0. The normalized spacial score (nSPS) is 21.0. The molecule has 0 bridgehead atoms. The van der Waals surface area contributed by atoms with E-state index in [1.54, 1.807) is 12.1 Å². The van der Waals surface area contributed by atoms with Crippen molar-refractivity contribution in [3.8, 4) is 0 Å². The van der Waals surface area contributed by atoms with Gasteiger partial charge in [-0.05, 0) is 57.1 Å². The predicted molar refractivity (Wildman–Crippen MR) is 82.0 cm³/mol. The van der Waals surface area contributed by atoms with Gasteiger partial charge in [0.15, 0.2) is 0 Å². The third-order valence-corrected chi connectivity index (χ3v) is 4.27. The average Bonchev–Trinajstić information content (AvgIpc) is 2.52. The summed E-state index contributed by atoms with van der Waals surface area (Å²) in [6.07, 6.45) is 0.203. The Kier molecular flexibility index (Phi) is 5.72. The first-order chi connectivity index (χ1) is 10.1. The standard InChI is InChI=1S/C16H26N2O3/c1-17-9-6-14(19)15(20)12-2-4-13(5-3-12)16(21)7-10-18-11-8-16/h2-5,14-15,17-21H,6-11H2,1H3. The summed E-state index contributed by atoms with van der Waals surface area (Å²) >= 11 is 0. The lowest BCUT2D eigenvalue weighted by atomic mass is 9.84. The minimum absolute atomic E-state index is 0.495. The van der Waals surface area contributed by atoms with Crippen molar-refractivity contribution in [1.29, 1.82) is 0 Å². The van der Waals surface area contributed by atoms with Crippen LogP contribution in [0.4, 0.5) is 0 Å². The number of hydrogen-bond acceptors (Lipinski definition) is 5. The van der Waals surface area contributed by atoms with Crippen LogP contribution in [0, 0.1) is 0 Å². The van der Waals surface area contributed by atoms with Crippen LogP contribution in [0.2, 0.25) is 0 Å². The summed E-state index contributed by atoms with van der Waals surface area (Å²) in [7, 11) is 1.81. The second-order valence-corrected chi connectivity index (χ2v) is 5.81. The van der Waals surface area contributed by atoms with Gasteiger partial charge < -0.3 is 26.0 Å². The van der Waals surface area contributed by atoms with Crippen LogP contribution in [-0.4, -0.2) is 48.1 Å². The quantitative estimate of drug-likeness (QED) is 0.520. The van der Waals surface area contributed by atoms with Crippen molar-refractivity contribution in [2.45, 2.75) is 37.1 Å². The fraction of sp³-hybridized carbons (Fsp3) is 0.625. The van der Waals surface area contributed by atoms with Gasteiger partial charge >= 0.3 is 0 Å². The Labute approximate surface area is 126 Å². The molecule has 1 fully saturated rings. The fourth-order valence-corrected chi connectivity index (χ4v) is 2.79. The van der Waals surface area contributed by atoms with Crippen LogP contribution in [0.5, 0.6) is 0 Å². The second-order valence-electron chi connectivity index (χ2n) is 5.81. The van der Waals surface area contributed by atoms with Crippen LogP contribution >= 0.6 is 0 Å². The third kappa shape index (κ3) is 4.02. The highest BCUT2D eigenvalue weighted by Crippen LogP contribution is 2.31. The first kappa shape index (κ1) is 16.4. The molecule has 1 aromatic carbocycles. The SMILES string of the molecule is CNCCC(O)C(O)c1ccc(C2(O)CCNCC2)cc1. The molecule has 0 radical (unpaired) electrons. The molecule has 21 heavy (non-hydrogen) atoms. The molecule has 118 valence electrons. The zero-order valence-electron chi connectivity index (χ0n) is 12.5. The van der Waals surface area contributed by atoms with Crippen molar-refractivity contribution in [2.75, 3.05) is 26.7 Å². The fourth-order valence-electron chi connectivity index (χ4n) is 2.79. The van der Waals surface area contributed by atoms with Gasteiger partial charge in [-0.3, -0.25) is 0 Å². The monoisotopic (exact) mass is 294 g/mol. The summed E-state index contributed by atoms with van der Waals surface area (Å²) in [5.41, 5.74) is 0.781. The van der Waals surface area contributed by atoms with E-state index in [-0.39, 0.29) is 0 Å². The number of rotatable bonds is 6. The summed E-state index contributed by atoms with van der Waals surface area (Å²) in [6, 6.07) is 7.30. The van der Waals surface area contributed by atoms with Crippen molar-refractivity contribution in [2.24, 2.45) is 0 Å². The van der Waals surface area contributed by atoms with Crippen molar-refractivity contribution < 1.29 is 15.3 Å². The van der Waals surface area contributed by atoms with Crippen molar-refractivity contribution >= 4 is 0 Å². The Balaban J connectivity index is 2.04. The number of aliphatic hydroxyl groups excluding tert-OH is 2. The lowest BCUT2D eigenvalue weighted by molar-refractivity contribution is 0.00523. The van der Waals surface area contributed by atoms with E-state index < -0.39 is 17.8 Å². The Bertz CT molecular complexity index is 430. The van der Waals surface area contributed by atoms with Gasteiger partial charge in [0.2, 0.25) is 0 Å². The first-order valence-corrected chi connectivity index (χ1v) is 7.61. The number of nitrogens with one attached hydrogen (secondary N) is 2. The molecule has 1 aliphatic rings. The maximum absolute atomic E-state index is 10.6. The molecule has 1 saturated heterocycles. The number of piperidine rings is 1. The maximum atomic E-state index is 10.6. The molecule has 0 aromatic heterocycles. The van der Waals surface area contributed by atoms with E-state index in [1.807, 2.05) is 19.2 Å². The lowest BCUT2D eigenvalue weighted by Crippen LogP contribution is -2.39. The summed E-state index contributed by atoms with van der Waals surface area (Å²) in [6.45, 7) is 2.27. The molecule has 0 spiro atoms. The van der Waals surface area contributed by atoms with Gasteiger partial charge in [-0.15, -0.1) is 0 Å². The highest BCUT2D eigenvalue weighted by Gasteiger charge is 2.31. The molecule has 2 unspecified atom stereocenters. The zero-order valence-corrected chi connectivity index (χ0v) is 12.5. The molecule has 1 aromatic rings. The number of aliphatic hydroxyl groups is 3. The molecular weight excluding hydrogens is 268 g/mol. The minimum Gasteiger partial charge on any atom is -0.390 e. The van der Waals surface area contributed by atoms with E-state index in [0.717, 1.165) is 18.7 Å². The number of benzene rings is 1. The van der Waals surface area contributed by atoms with E-state index in [4.69, 9.17) is 0 Å². The average molecular weight is 294 g/mol. The second kappa shape index (κ2) is 7.33. The van der Waals surface area contributed by atoms with Crippen molar-refractivity contribution in [1.82, 2.24) is 10.6 Å². The number of hydrogen-bond donors (Lipinski definition) is 5. The van der Waals surface area contributed by atoms with Gasteiger partial charge in [0, 0.05) is 0 Å². The molecule has 0 saturated carbocycles. The lowest BCUT2D eigenvalue weighted by Gasteiger charge is -2.33. The predicted octanol–water partition coefficient (Wildman–Crippen LogP) is 0.261. The van der Waals surface area contributed by atoms with Crippen LogP contribution in [0.15, 0.2) is 24.3 Å².